The first kappa shape index (κ1) is 26.2. The summed E-state index contributed by atoms with van der Waals surface area (Å²) in [4.78, 5) is 16.6. The minimum Gasteiger partial charge on any atom is -0.457 e. The number of thioether (sulfide) groups is 1. The van der Waals surface area contributed by atoms with Crippen LogP contribution in [0.4, 0.5) is 0 Å². The SMILES string of the molecule is Cn1cnc(CSC(C)(C)[C@H](NS(=O)(=O)c2ccc(Oc3ccc(Br)cc3)cc2)C(=O)NO)c1. The van der Waals surface area contributed by atoms with Crippen LogP contribution in [0.1, 0.15) is 19.5 Å². The summed E-state index contributed by atoms with van der Waals surface area (Å²) in [6.07, 6.45) is 3.50. The summed E-state index contributed by atoms with van der Waals surface area (Å²) < 4.78 is 36.0. The number of imidazole rings is 1. The molecule has 0 saturated heterocycles. The molecule has 3 rings (SSSR count). The molecule has 1 aromatic heterocycles. The lowest BCUT2D eigenvalue weighted by atomic mass is 10.0. The van der Waals surface area contributed by atoms with Crippen molar-refractivity contribution in [2.75, 3.05) is 0 Å². The number of benzene rings is 2. The zero-order valence-corrected chi connectivity index (χ0v) is 21.9. The molecule has 0 unspecified atom stereocenters. The molecule has 34 heavy (non-hydrogen) atoms. The van der Waals surface area contributed by atoms with Crippen molar-refractivity contribution in [3.63, 3.8) is 0 Å². The van der Waals surface area contributed by atoms with E-state index in [1.807, 2.05) is 25.4 Å². The lowest BCUT2D eigenvalue weighted by molar-refractivity contribution is -0.131. The van der Waals surface area contributed by atoms with Crippen molar-refractivity contribution in [1.29, 1.82) is 0 Å². The predicted octanol–water partition coefficient (Wildman–Crippen LogP) is 3.84. The summed E-state index contributed by atoms with van der Waals surface area (Å²) in [7, 11) is -2.24. The summed E-state index contributed by atoms with van der Waals surface area (Å²) in [5, 5.41) is 9.24. The van der Waals surface area contributed by atoms with Gasteiger partial charge < -0.3 is 9.30 Å². The van der Waals surface area contributed by atoms with Gasteiger partial charge >= 0.3 is 0 Å². The number of hydrogen-bond donors (Lipinski definition) is 3. The molecular weight excluding hydrogens is 544 g/mol. The van der Waals surface area contributed by atoms with Crippen LogP contribution in [0.3, 0.4) is 0 Å². The first-order chi connectivity index (χ1) is 16.0. The van der Waals surface area contributed by atoms with E-state index in [4.69, 9.17) is 4.74 Å². The molecule has 182 valence electrons. The number of carbonyl (C=O) groups excluding carboxylic acids is 1. The monoisotopic (exact) mass is 568 g/mol. The summed E-state index contributed by atoms with van der Waals surface area (Å²) >= 11 is 4.69. The average molecular weight is 570 g/mol. The van der Waals surface area contributed by atoms with Gasteiger partial charge in [0.25, 0.3) is 5.91 Å². The third-order valence-electron chi connectivity index (χ3n) is 4.87. The van der Waals surface area contributed by atoms with Crippen LogP contribution in [-0.4, -0.2) is 39.9 Å². The van der Waals surface area contributed by atoms with Crippen molar-refractivity contribution in [3.8, 4) is 11.5 Å². The predicted molar refractivity (Wildman–Crippen MR) is 133 cm³/mol. The molecule has 3 aromatic rings. The molecule has 9 nitrogen and oxygen atoms in total. The summed E-state index contributed by atoms with van der Waals surface area (Å²) in [6, 6.07) is 11.8. The van der Waals surface area contributed by atoms with E-state index in [1.165, 1.54) is 36.0 Å². The van der Waals surface area contributed by atoms with Crippen LogP contribution in [0.5, 0.6) is 11.5 Å². The van der Waals surface area contributed by atoms with Gasteiger partial charge in [-0.1, -0.05) is 15.9 Å². The number of hydrogen-bond acceptors (Lipinski definition) is 7. The van der Waals surface area contributed by atoms with Gasteiger partial charge in [0.2, 0.25) is 10.0 Å². The van der Waals surface area contributed by atoms with Crippen LogP contribution in [-0.2, 0) is 27.6 Å². The second-order valence-electron chi connectivity index (χ2n) is 7.98. The Labute approximate surface area is 211 Å². The average Bonchev–Trinajstić information content (AvgIpc) is 3.23. The van der Waals surface area contributed by atoms with Crippen molar-refractivity contribution in [1.82, 2.24) is 19.8 Å². The smallest absolute Gasteiger partial charge is 0.262 e. The maximum Gasteiger partial charge on any atom is 0.262 e. The number of halogens is 1. The Balaban J connectivity index is 1.74. The van der Waals surface area contributed by atoms with E-state index in [-0.39, 0.29) is 4.90 Å². The molecule has 0 spiro atoms. The van der Waals surface area contributed by atoms with Crippen molar-refractivity contribution in [2.24, 2.45) is 7.05 Å². The summed E-state index contributed by atoms with van der Waals surface area (Å²) in [5.74, 6) is 0.644. The molecule has 0 aliphatic carbocycles. The van der Waals surface area contributed by atoms with E-state index in [2.05, 4.69) is 25.6 Å². The van der Waals surface area contributed by atoms with Gasteiger partial charge in [-0.3, -0.25) is 10.0 Å². The lowest BCUT2D eigenvalue weighted by Gasteiger charge is -2.32. The number of rotatable bonds is 10. The molecule has 0 radical (unpaired) electrons. The number of nitrogens with one attached hydrogen (secondary N) is 2. The van der Waals surface area contributed by atoms with Gasteiger partial charge in [0.05, 0.1) is 16.9 Å². The Morgan fingerprint density at radius 1 is 1.18 bits per heavy atom. The maximum absolute atomic E-state index is 13.1. The van der Waals surface area contributed by atoms with Gasteiger partial charge in [-0.25, -0.2) is 18.9 Å². The Hall–Kier alpha value is -2.38. The molecule has 12 heteroatoms. The quantitative estimate of drug-likeness (QED) is 0.251. The Kier molecular flexibility index (Phi) is 8.42. The number of ether oxygens (including phenoxy) is 1. The van der Waals surface area contributed by atoms with Gasteiger partial charge in [0.15, 0.2) is 0 Å². The molecule has 0 aliphatic heterocycles. The number of nitrogens with zero attached hydrogens (tertiary/aromatic N) is 2. The van der Waals surface area contributed by atoms with Crippen molar-refractivity contribution in [3.05, 3.63) is 71.2 Å². The molecule has 0 fully saturated rings. The van der Waals surface area contributed by atoms with E-state index in [0.717, 1.165) is 10.2 Å². The van der Waals surface area contributed by atoms with Gasteiger partial charge in [-0.05, 0) is 62.4 Å². The molecule has 0 saturated carbocycles. The number of sulfonamides is 1. The van der Waals surface area contributed by atoms with Crippen LogP contribution < -0.4 is 14.9 Å². The van der Waals surface area contributed by atoms with E-state index in [1.54, 1.807) is 42.4 Å². The first-order valence-electron chi connectivity index (χ1n) is 10.1. The van der Waals surface area contributed by atoms with Gasteiger partial charge in [-0.2, -0.15) is 4.72 Å². The zero-order valence-electron chi connectivity index (χ0n) is 18.7. The number of carbonyl (C=O) groups is 1. The van der Waals surface area contributed by atoms with Crippen LogP contribution in [0.25, 0.3) is 0 Å². The van der Waals surface area contributed by atoms with E-state index >= 15 is 0 Å². The minimum atomic E-state index is -4.09. The number of amides is 1. The number of aryl methyl sites for hydroxylation is 1. The molecular formula is C22H25BrN4O5S2. The standard InChI is InChI=1S/C22H25BrN4O5S2/c1-22(2,33-13-16-12-27(3)14-24-16)20(21(28)25-29)26-34(30,31)19-10-8-18(9-11-19)32-17-6-4-15(23)5-7-17/h4-12,14,20,26,29H,13H2,1-3H3,(H,25,28)/t20-/m1/s1. The van der Waals surface area contributed by atoms with Crippen LogP contribution in [0, 0.1) is 0 Å². The fourth-order valence-corrected chi connectivity index (χ4v) is 5.69. The highest BCUT2D eigenvalue weighted by atomic mass is 79.9. The highest BCUT2D eigenvalue weighted by Crippen LogP contribution is 2.32. The van der Waals surface area contributed by atoms with E-state index < -0.39 is 26.7 Å². The third-order valence-corrected chi connectivity index (χ3v) is 8.26. The van der Waals surface area contributed by atoms with E-state index in [0.29, 0.717) is 17.3 Å². The van der Waals surface area contributed by atoms with Crippen LogP contribution in [0.15, 0.2) is 70.4 Å². The highest BCUT2D eigenvalue weighted by molar-refractivity contribution is 9.10. The summed E-state index contributed by atoms with van der Waals surface area (Å²) in [6.45, 7) is 3.44. The molecule has 0 aliphatic rings. The number of hydroxylamine groups is 1. The van der Waals surface area contributed by atoms with Gasteiger partial charge in [0, 0.05) is 28.2 Å². The maximum atomic E-state index is 13.1. The van der Waals surface area contributed by atoms with Crippen LogP contribution >= 0.6 is 27.7 Å². The Morgan fingerprint density at radius 3 is 2.29 bits per heavy atom. The third kappa shape index (κ3) is 6.83. The number of aromatic nitrogens is 2. The Bertz CT molecular complexity index is 1230. The van der Waals surface area contributed by atoms with Crippen LogP contribution in [0.2, 0.25) is 0 Å². The molecule has 0 bridgehead atoms. The van der Waals surface area contributed by atoms with E-state index in [9.17, 15) is 18.4 Å². The molecule has 1 heterocycles. The Morgan fingerprint density at radius 2 is 1.76 bits per heavy atom. The minimum absolute atomic E-state index is 0.0445. The highest BCUT2D eigenvalue weighted by Gasteiger charge is 2.39. The van der Waals surface area contributed by atoms with Crippen molar-refractivity contribution in [2.45, 2.75) is 35.3 Å². The topological polar surface area (TPSA) is 123 Å². The largest absolute Gasteiger partial charge is 0.457 e. The molecule has 3 N–H and O–H groups in total. The summed E-state index contributed by atoms with van der Waals surface area (Å²) in [5.41, 5.74) is 2.35. The first-order valence-corrected chi connectivity index (χ1v) is 13.4. The lowest BCUT2D eigenvalue weighted by Crippen LogP contribution is -2.55. The van der Waals surface area contributed by atoms with Gasteiger partial charge in [-0.15, -0.1) is 11.8 Å². The fourth-order valence-electron chi connectivity index (χ4n) is 3.01. The fraction of sp³-hybridized carbons (Fsp3) is 0.273. The molecule has 1 atom stereocenters. The molecule has 2 aromatic carbocycles. The van der Waals surface area contributed by atoms with Crippen molar-refractivity contribution < 1.29 is 23.2 Å². The normalized spacial score (nSPS) is 12.9. The van der Waals surface area contributed by atoms with Crippen molar-refractivity contribution >= 4 is 43.6 Å². The van der Waals surface area contributed by atoms with Gasteiger partial charge in [0.1, 0.15) is 17.5 Å². The molecule has 1 amide bonds. The zero-order chi connectivity index (χ0) is 24.9. The second-order valence-corrected chi connectivity index (χ2v) is 12.2. The second kappa shape index (κ2) is 10.9.